The van der Waals surface area contributed by atoms with E-state index in [0.29, 0.717) is 0 Å². The van der Waals surface area contributed by atoms with Crippen LogP contribution in [0, 0.1) is 40.5 Å². The lowest BCUT2D eigenvalue weighted by atomic mass is 10.3. The molecule has 0 heterocycles. The van der Waals surface area contributed by atoms with Gasteiger partial charge in [-0.3, -0.25) is 0 Å². The molecule has 0 rings (SSSR count). The van der Waals surface area contributed by atoms with Gasteiger partial charge in [0.25, 0.3) is 20.3 Å². The number of nitrogens with zero attached hydrogens (tertiary/aromatic N) is 4. The Morgan fingerprint density at radius 3 is 1.12 bits per heavy atom. The minimum Gasteiger partial charge on any atom is -0.312 e. The molecular weight excluding hydrogens is 344 g/mol. The molecule has 0 aromatic carbocycles. The molecule has 16 heteroatoms. The van der Waals surface area contributed by atoms with E-state index in [1.54, 1.807) is 13.8 Å². The minimum absolute atomic E-state index is 0.273. The first-order valence-corrected chi connectivity index (χ1v) is 6.29. The van der Waals surface area contributed by atoms with Crippen LogP contribution in [-0.4, -0.2) is 45.8 Å². The lowest BCUT2D eigenvalue weighted by molar-refractivity contribution is -0.790. The molecule has 140 valence electrons. The van der Waals surface area contributed by atoms with Crippen LogP contribution in [0.4, 0.5) is 0 Å². The molecule has 2 unspecified atom stereocenters. The molecule has 0 spiro atoms. The van der Waals surface area contributed by atoms with Crippen molar-refractivity contribution in [3.63, 3.8) is 0 Å². The van der Waals surface area contributed by atoms with Crippen molar-refractivity contribution in [1.29, 1.82) is 0 Å². The third-order valence-electron chi connectivity index (χ3n) is 2.11. The topological polar surface area (TPSA) is 209 Å². The van der Waals surface area contributed by atoms with Gasteiger partial charge in [-0.1, -0.05) is 13.8 Å². The summed E-state index contributed by atoms with van der Waals surface area (Å²) >= 11 is 0. The standard InChI is InChI=1S/2C4H8N2O6/c2*1-2-4(12-6(9)10)3-11-5(7)8/h2*4H,2-3H2,1H3. The molecule has 0 fully saturated rings. The fourth-order valence-corrected chi connectivity index (χ4v) is 0.977. The molecule has 0 aliphatic heterocycles. The summed E-state index contributed by atoms with van der Waals surface area (Å²) in [7, 11) is 0. The van der Waals surface area contributed by atoms with E-state index in [2.05, 4.69) is 19.4 Å². The van der Waals surface area contributed by atoms with Gasteiger partial charge in [-0.15, -0.1) is 40.5 Å². The van der Waals surface area contributed by atoms with Crippen molar-refractivity contribution in [3.8, 4) is 0 Å². The predicted octanol–water partition coefficient (Wildman–Crippen LogP) is 0.363. The second kappa shape index (κ2) is 13.5. The molecule has 0 aliphatic carbocycles. The zero-order valence-electron chi connectivity index (χ0n) is 12.7. The molecule has 2 atom stereocenters. The highest BCUT2D eigenvalue weighted by Gasteiger charge is 2.13. The van der Waals surface area contributed by atoms with Gasteiger partial charge in [-0.05, 0) is 12.8 Å². The largest absolute Gasteiger partial charge is 0.312 e. The van der Waals surface area contributed by atoms with E-state index in [-0.39, 0.29) is 12.8 Å². The minimum atomic E-state index is -1.02. The fraction of sp³-hybridized carbons (Fsp3) is 1.00. The molecule has 0 aromatic heterocycles. The Morgan fingerprint density at radius 2 is 0.958 bits per heavy atom. The van der Waals surface area contributed by atoms with Gasteiger partial charge in [-0.2, -0.15) is 0 Å². The van der Waals surface area contributed by atoms with E-state index in [1.807, 2.05) is 0 Å². The van der Waals surface area contributed by atoms with Gasteiger partial charge in [0, 0.05) is 0 Å². The van der Waals surface area contributed by atoms with E-state index < -0.39 is 45.8 Å². The summed E-state index contributed by atoms with van der Waals surface area (Å²) in [4.78, 5) is 54.7. The summed E-state index contributed by atoms with van der Waals surface area (Å²) < 4.78 is 0. The van der Waals surface area contributed by atoms with E-state index in [4.69, 9.17) is 0 Å². The highest BCUT2D eigenvalue weighted by molar-refractivity contribution is 4.48. The third kappa shape index (κ3) is 16.9. The van der Waals surface area contributed by atoms with Crippen molar-refractivity contribution in [2.24, 2.45) is 0 Å². The Bertz CT molecular complexity index is 380. The molecule has 0 aliphatic rings. The van der Waals surface area contributed by atoms with Gasteiger partial charge in [0.15, 0.2) is 0 Å². The second-order valence-electron chi connectivity index (χ2n) is 3.76. The molecule has 0 saturated carbocycles. The van der Waals surface area contributed by atoms with Crippen LogP contribution in [0.5, 0.6) is 0 Å². The Balaban J connectivity index is 0. The van der Waals surface area contributed by atoms with Crippen LogP contribution >= 0.6 is 0 Å². The molecule has 0 saturated heterocycles. The van der Waals surface area contributed by atoms with Gasteiger partial charge < -0.3 is 19.4 Å². The van der Waals surface area contributed by atoms with E-state index in [9.17, 15) is 40.5 Å². The van der Waals surface area contributed by atoms with E-state index in [1.165, 1.54) is 0 Å². The van der Waals surface area contributed by atoms with Crippen LogP contribution in [0.25, 0.3) is 0 Å². The van der Waals surface area contributed by atoms with Crippen LogP contribution in [0.1, 0.15) is 26.7 Å². The summed E-state index contributed by atoms with van der Waals surface area (Å²) in [6.07, 6.45) is -1.22. The fourth-order valence-electron chi connectivity index (χ4n) is 0.977. The quantitative estimate of drug-likeness (QED) is 0.341. The summed E-state index contributed by atoms with van der Waals surface area (Å²) in [5.41, 5.74) is 0. The molecule has 24 heavy (non-hydrogen) atoms. The Kier molecular flexibility index (Phi) is 12.9. The molecule has 16 nitrogen and oxygen atoms in total. The van der Waals surface area contributed by atoms with Gasteiger partial charge in [0.2, 0.25) is 0 Å². The van der Waals surface area contributed by atoms with Crippen molar-refractivity contribution in [1.82, 2.24) is 0 Å². The van der Waals surface area contributed by atoms with Crippen molar-refractivity contribution >= 4 is 0 Å². The third-order valence-corrected chi connectivity index (χ3v) is 2.11. The Labute approximate surface area is 133 Å². The molecule has 0 radical (unpaired) electrons. The van der Waals surface area contributed by atoms with Crippen molar-refractivity contribution in [3.05, 3.63) is 40.5 Å². The first kappa shape index (κ1) is 23.1. The molecule has 0 bridgehead atoms. The Hall–Kier alpha value is -3.20. The van der Waals surface area contributed by atoms with Crippen LogP contribution in [0.2, 0.25) is 0 Å². The first-order chi connectivity index (χ1) is 11.1. The molecular formula is C8H16N4O12. The number of hydrogen-bond donors (Lipinski definition) is 0. The normalized spacial score (nSPS) is 11.8. The van der Waals surface area contributed by atoms with Crippen LogP contribution in [0.15, 0.2) is 0 Å². The van der Waals surface area contributed by atoms with Gasteiger partial charge in [0.05, 0.1) is 0 Å². The van der Waals surface area contributed by atoms with E-state index >= 15 is 0 Å². The predicted molar refractivity (Wildman–Crippen MR) is 70.2 cm³/mol. The summed E-state index contributed by atoms with van der Waals surface area (Å²) in [6.45, 7) is 2.34. The Morgan fingerprint density at radius 1 is 0.667 bits per heavy atom. The monoisotopic (exact) mass is 360 g/mol. The zero-order chi connectivity index (χ0) is 19.1. The van der Waals surface area contributed by atoms with Crippen molar-refractivity contribution in [2.45, 2.75) is 38.9 Å². The highest BCUT2D eigenvalue weighted by atomic mass is 17.0. The maximum Gasteiger partial charge on any atom is 0.294 e. The average molecular weight is 360 g/mol. The van der Waals surface area contributed by atoms with Crippen LogP contribution in [-0.2, 0) is 19.4 Å². The second-order valence-corrected chi connectivity index (χ2v) is 3.76. The summed E-state index contributed by atoms with van der Waals surface area (Å²) in [6, 6.07) is 0. The lowest BCUT2D eigenvalue weighted by Gasteiger charge is -2.09. The van der Waals surface area contributed by atoms with Gasteiger partial charge >= 0.3 is 0 Å². The SMILES string of the molecule is CCC(CO[N+](=O)[O-])O[N+](=O)[O-].CCC(CO[N+](=O)[O-])O[N+](=O)[O-]. The summed E-state index contributed by atoms with van der Waals surface area (Å²) in [5.74, 6) is 0. The highest BCUT2D eigenvalue weighted by Crippen LogP contribution is 1.99. The maximum atomic E-state index is 9.77. The van der Waals surface area contributed by atoms with Crippen LogP contribution < -0.4 is 0 Å². The first-order valence-electron chi connectivity index (χ1n) is 6.29. The summed E-state index contributed by atoms with van der Waals surface area (Å²) in [5, 5.41) is 34.8. The van der Waals surface area contributed by atoms with Crippen molar-refractivity contribution < 1.29 is 39.7 Å². The number of hydrogen-bond acceptors (Lipinski definition) is 12. The smallest absolute Gasteiger partial charge is 0.294 e. The van der Waals surface area contributed by atoms with Gasteiger partial charge in [-0.25, -0.2) is 0 Å². The van der Waals surface area contributed by atoms with Gasteiger partial charge in [0.1, 0.15) is 25.4 Å². The molecule has 0 N–H and O–H groups in total. The molecule has 0 amide bonds. The lowest BCUT2D eigenvalue weighted by Crippen LogP contribution is -2.23. The van der Waals surface area contributed by atoms with Crippen molar-refractivity contribution in [2.75, 3.05) is 13.2 Å². The van der Waals surface area contributed by atoms with Crippen LogP contribution in [0.3, 0.4) is 0 Å². The average Bonchev–Trinajstić information content (AvgIpc) is 2.47. The molecule has 0 aromatic rings. The number of rotatable bonds is 12. The van der Waals surface area contributed by atoms with E-state index in [0.717, 1.165) is 0 Å². The maximum absolute atomic E-state index is 9.77. The zero-order valence-corrected chi connectivity index (χ0v) is 12.7.